The van der Waals surface area contributed by atoms with Crippen LogP contribution in [-0.4, -0.2) is 44.1 Å². The van der Waals surface area contributed by atoms with Gasteiger partial charge in [-0.2, -0.15) is 5.26 Å². The fourth-order valence-electron chi connectivity index (χ4n) is 3.04. The van der Waals surface area contributed by atoms with E-state index in [1.165, 1.54) is 18.2 Å². The van der Waals surface area contributed by atoms with Gasteiger partial charge in [0.25, 0.3) is 5.91 Å². The topological polar surface area (TPSA) is 56.6 Å². The van der Waals surface area contributed by atoms with Gasteiger partial charge in [0.1, 0.15) is 23.2 Å². The lowest BCUT2D eigenvalue weighted by molar-refractivity contribution is -0.126. The summed E-state index contributed by atoms with van der Waals surface area (Å²) in [5, 5.41) is 9.36. The molecule has 0 N–H and O–H groups in total. The first-order valence-corrected chi connectivity index (χ1v) is 8.66. The number of nitrogens with zero attached hydrogens (tertiary/aromatic N) is 3. The van der Waals surface area contributed by atoms with Crippen LogP contribution in [0, 0.1) is 17.1 Å². The Morgan fingerprint density at radius 3 is 2.44 bits per heavy atom. The van der Waals surface area contributed by atoms with Crippen LogP contribution < -0.4 is 9.64 Å². The summed E-state index contributed by atoms with van der Waals surface area (Å²) < 4.78 is 18.5. The van der Waals surface area contributed by atoms with Crippen molar-refractivity contribution in [1.29, 1.82) is 5.26 Å². The molecular formula is C21H20FN3O2. The van der Waals surface area contributed by atoms with E-state index in [1.807, 2.05) is 30.3 Å². The zero-order valence-corrected chi connectivity index (χ0v) is 15.1. The molecule has 0 atom stereocenters. The fraction of sp³-hybridized carbons (Fsp3) is 0.238. The third-order valence-corrected chi connectivity index (χ3v) is 4.51. The highest BCUT2D eigenvalue weighted by Gasteiger charge is 2.24. The number of nitriles is 1. The van der Waals surface area contributed by atoms with E-state index in [0.29, 0.717) is 31.7 Å². The maximum absolute atomic E-state index is 13.3. The number of ether oxygens (including phenoxy) is 1. The van der Waals surface area contributed by atoms with E-state index < -0.39 is 5.82 Å². The number of benzene rings is 2. The number of rotatable bonds is 4. The molecule has 1 amide bonds. The van der Waals surface area contributed by atoms with Crippen LogP contribution in [0.1, 0.15) is 5.56 Å². The zero-order valence-electron chi connectivity index (χ0n) is 15.1. The number of methoxy groups -OCH3 is 1. The minimum absolute atomic E-state index is 0.0125. The molecule has 1 aliphatic rings. The van der Waals surface area contributed by atoms with Gasteiger partial charge >= 0.3 is 0 Å². The Balaban J connectivity index is 1.65. The van der Waals surface area contributed by atoms with E-state index in [-0.39, 0.29) is 11.5 Å². The lowest BCUT2D eigenvalue weighted by atomic mass is 10.1. The average molecular weight is 365 g/mol. The molecule has 1 fully saturated rings. The van der Waals surface area contributed by atoms with Crippen LogP contribution in [-0.2, 0) is 4.79 Å². The number of carbonyl (C=O) groups is 1. The molecule has 138 valence electrons. The number of carbonyl (C=O) groups excluding carboxylic acids is 1. The number of anilines is 1. The van der Waals surface area contributed by atoms with Gasteiger partial charge in [-0.25, -0.2) is 4.39 Å². The summed E-state index contributed by atoms with van der Waals surface area (Å²) in [5.74, 6) is 0.0754. The molecule has 0 saturated carbocycles. The highest BCUT2D eigenvalue weighted by molar-refractivity contribution is 6.01. The highest BCUT2D eigenvalue weighted by atomic mass is 19.1. The monoisotopic (exact) mass is 365 g/mol. The molecule has 0 aromatic heterocycles. The summed E-state index contributed by atoms with van der Waals surface area (Å²) >= 11 is 0. The Hall–Kier alpha value is -3.33. The molecule has 0 unspecified atom stereocenters. The minimum atomic E-state index is -0.401. The smallest absolute Gasteiger partial charge is 0.264 e. The van der Waals surface area contributed by atoms with Gasteiger partial charge in [0.2, 0.25) is 0 Å². The van der Waals surface area contributed by atoms with Crippen LogP contribution in [0.25, 0.3) is 6.08 Å². The maximum atomic E-state index is 13.3. The molecule has 0 spiro atoms. The molecular weight excluding hydrogens is 345 g/mol. The number of hydrogen-bond acceptors (Lipinski definition) is 4. The van der Waals surface area contributed by atoms with Crippen molar-refractivity contribution < 1.29 is 13.9 Å². The molecule has 3 rings (SSSR count). The Labute approximate surface area is 157 Å². The van der Waals surface area contributed by atoms with E-state index in [2.05, 4.69) is 4.90 Å². The summed E-state index contributed by atoms with van der Waals surface area (Å²) in [6.45, 7) is 2.40. The second-order valence-electron chi connectivity index (χ2n) is 6.20. The van der Waals surface area contributed by atoms with Crippen LogP contribution in [0.4, 0.5) is 10.1 Å². The maximum Gasteiger partial charge on any atom is 0.264 e. The second kappa shape index (κ2) is 8.37. The summed E-state index contributed by atoms with van der Waals surface area (Å²) in [6.07, 6.45) is 1.43. The average Bonchev–Trinajstić information content (AvgIpc) is 2.72. The van der Waals surface area contributed by atoms with Crippen molar-refractivity contribution in [3.8, 4) is 11.8 Å². The second-order valence-corrected chi connectivity index (χ2v) is 6.20. The zero-order chi connectivity index (χ0) is 19.2. The first-order chi connectivity index (χ1) is 13.1. The molecule has 1 aliphatic heterocycles. The number of hydrogen-bond donors (Lipinski definition) is 0. The van der Waals surface area contributed by atoms with Crippen molar-refractivity contribution in [1.82, 2.24) is 4.90 Å². The van der Waals surface area contributed by atoms with Crippen molar-refractivity contribution in [3.63, 3.8) is 0 Å². The molecule has 6 heteroatoms. The molecule has 27 heavy (non-hydrogen) atoms. The Bertz CT molecular complexity index is 879. The van der Waals surface area contributed by atoms with Crippen LogP contribution in [0.15, 0.2) is 54.1 Å². The van der Waals surface area contributed by atoms with Crippen molar-refractivity contribution in [3.05, 3.63) is 65.5 Å². The number of piperazine rings is 1. The van der Waals surface area contributed by atoms with Crippen molar-refractivity contribution in [2.24, 2.45) is 0 Å². The minimum Gasteiger partial charge on any atom is -0.497 e. The largest absolute Gasteiger partial charge is 0.497 e. The van der Waals surface area contributed by atoms with Crippen LogP contribution in [0.5, 0.6) is 5.75 Å². The molecule has 5 nitrogen and oxygen atoms in total. The third-order valence-electron chi connectivity index (χ3n) is 4.51. The molecule has 2 aromatic carbocycles. The summed E-state index contributed by atoms with van der Waals surface area (Å²) in [5.41, 5.74) is 1.58. The van der Waals surface area contributed by atoms with Crippen molar-refractivity contribution in [2.75, 3.05) is 38.2 Å². The van der Waals surface area contributed by atoms with E-state index in [9.17, 15) is 14.4 Å². The molecule has 0 bridgehead atoms. The highest BCUT2D eigenvalue weighted by Crippen LogP contribution is 2.21. The summed E-state index contributed by atoms with van der Waals surface area (Å²) in [6, 6.07) is 15.6. The SMILES string of the molecule is COc1ccc(N2CCN(C(=O)/C(C#N)=C/c3cccc(F)c3)CC2)cc1. The predicted molar refractivity (Wildman–Crippen MR) is 102 cm³/mol. The van der Waals surface area contributed by atoms with E-state index in [0.717, 1.165) is 11.4 Å². The van der Waals surface area contributed by atoms with Crippen LogP contribution >= 0.6 is 0 Å². The third kappa shape index (κ3) is 4.45. The van der Waals surface area contributed by atoms with Crippen molar-refractivity contribution in [2.45, 2.75) is 0 Å². The lowest BCUT2D eigenvalue weighted by Crippen LogP contribution is -2.49. The van der Waals surface area contributed by atoms with E-state index in [4.69, 9.17) is 4.74 Å². The normalized spacial score (nSPS) is 14.6. The quantitative estimate of drug-likeness (QED) is 0.617. The van der Waals surface area contributed by atoms with Gasteiger partial charge in [-0.1, -0.05) is 12.1 Å². The number of halogens is 1. The Morgan fingerprint density at radius 2 is 1.85 bits per heavy atom. The Morgan fingerprint density at radius 1 is 1.15 bits per heavy atom. The van der Waals surface area contributed by atoms with Gasteiger partial charge < -0.3 is 14.5 Å². The van der Waals surface area contributed by atoms with Gasteiger partial charge in [-0.05, 0) is 48.0 Å². The summed E-state index contributed by atoms with van der Waals surface area (Å²) in [7, 11) is 1.63. The van der Waals surface area contributed by atoms with Gasteiger partial charge in [-0.3, -0.25) is 4.79 Å². The van der Waals surface area contributed by atoms with Gasteiger partial charge in [0.05, 0.1) is 7.11 Å². The molecule has 1 heterocycles. The number of amides is 1. The molecule has 1 saturated heterocycles. The molecule has 0 aliphatic carbocycles. The van der Waals surface area contributed by atoms with Gasteiger partial charge in [0.15, 0.2) is 0 Å². The van der Waals surface area contributed by atoms with Crippen LogP contribution in [0.2, 0.25) is 0 Å². The first kappa shape index (κ1) is 18.5. The Kier molecular flexibility index (Phi) is 5.72. The van der Waals surface area contributed by atoms with Crippen LogP contribution in [0.3, 0.4) is 0 Å². The van der Waals surface area contributed by atoms with E-state index in [1.54, 1.807) is 24.1 Å². The molecule has 2 aromatic rings. The predicted octanol–water partition coefficient (Wildman–Crippen LogP) is 3.09. The first-order valence-electron chi connectivity index (χ1n) is 8.66. The summed E-state index contributed by atoms with van der Waals surface area (Å²) in [4.78, 5) is 16.5. The van der Waals surface area contributed by atoms with E-state index >= 15 is 0 Å². The van der Waals surface area contributed by atoms with Gasteiger partial charge in [-0.15, -0.1) is 0 Å². The lowest BCUT2D eigenvalue weighted by Gasteiger charge is -2.36. The standard InChI is InChI=1S/C21H20FN3O2/c1-27-20-7-5-19(6-8-20)24-9-11-25(12-10-24)21(26)17(15-23)13-16-3-2-4-18(22)14-16/h2-8,13-14H,9-12H2,1H3/b17-13+. The fourth-order valence-corrected chi connectivity index (χ4v) is 3.04. The van der Waals surface area contributed by atoms with Gasteiger partial charge in [0, 0.05) is 31.9 Å². The van der Waals surface area contributed by atoms with Crippen molar-refractivity contribution >= 4 is 17.7 Å². The molecule has 0 radical (unpaired) electrons.